The van der Waals surface area contributed by atoms with Crippen molar-refractivity contribution in [3.05, 3.63) is 53.6 Å². The number of hydrogen-bond donors (Lipinski definition) is 2. The van der Waals surface area contributed by atoms with Crippen molar-refractivity contribution in [3.8, 4) is 11.5 Å². The average Bonchev–Trinajstić information content (AvgIpc) is 2.41. The lowest BCUT2D eigenvalue weighted by atomic mass is 10.1. The molecule has 0 aromatic heterocycles. The van der Waals surface area contributed by atoms with Crippen LogP contribution < -0.4 is 16.2 Å². The van der Waals surface area contributed by atoms with Crippen LogP contribution in [0.3, 0.4) is 0 Å². The number of ether oxygens (including phenoxy) is 1. The smallest absolute Gasteiger partial charge is 0.248 e. The van der Waals surface area contributed by atoms with Crippen LogP contribution in [0.25, 0.3) is 0 Å². The number of hydrogen-bond acceptors (Lipinski definition) is 3. The van der Waals surface area contributed by atoms with Crippen LogP contribution in [0.4, 0.5) is 5.69 Å². The van der Waals surface area contributed by atoms with E-state index in [-0.39, 0.29) is 0 Å². The van der Waals surface area contributed by atoms with Crippen LogP contribution in [-0.2, 0) is 6.42 Å². The minimum Gasteiger partial charge on any atom is -0.455 e. The van der Waals surface area contributed by atoms with Crippen molar-refractivity contribution in [3.63, 3.8) is 0 Å². The molecule has 4 nitrogen and oxygen atoms in total. The van der Waals surface area contributed by atoms with Gasteiger partial charge in [-0.05, 0) is 42.3 Å². The van der Waals surface area contributed by atoms with Gasteiger partial charge in [-0.2, -0.15) is 0 Å². The van der Waals surface area contributed by atoms with Gasteiger partial charge in [-0.3, -0.25) is 4.79 Å². The Bertz CT molecular complexity index is 592. The van der Waals surface area contributed by atoms with Crippen molar-refractivity contribution in [2.24, 2.45) is 5.73 Å². The molecule has 1 amide bonds. The number of amides is 1. The Labute approximate surface area is 112 Å². The fourth-order valence-electron chi connectivity index (χ4n) is 1.71. The van der Waals surface area contributed by atoms with Gasteiger partial charge in [0, 0.05) is 5.56 Å². The van der Waals surface area contributed by atoms with E-state index < -0.39 is 5.91 Å². The summed E-state index contributed by atoms with van der Waals surface area (Å²) < 4.78 is 5.67. The third-order valence-corrected chi connectivity index (χ3v) is 2.85. The van der Waals surface area contributed by atoms with Gasteiger partial charge < -0.3 is 16.2 Å². The lowest BCUT2D eigenvalue weighted by molar-refractivity contribution is 0.100. The van der Waals surface area contributed by atoms with Crippen LogP contribution >= 0.6 is 0 Å². The Morgan fingerprint density at radius 1 is 1.16 bits per heavy atom. The Morgan fingerprint density at radius 3 is 2.37 bits per heavy atom. The molecule has 0 fully saturated rings. The number of carbonyl (C=O) groups is 1. The molecule has 0 bridgehead atoms. The first kappa shape index (κ1) is 13.0. The molecule has 0 aliphatic carbocycles. The number of primary amides is 1. The fourth-order valence-corrected chi connectivity index (χ4v) is 1.71. The SMILES string of the molecule is CCc1ccc(Oc2ccc(C(N)=O)cc2N)cc1. The highest BCUT2D eigenvalue weighted by Gasteiger charge is 2.06. The van der Waals surface area contributed by atoms with Gasteiger partial charge in [0.05, 0.1) is 5.69 Å². The Kier molecular flexibility index (Phi) is 3.71. The molecule has 2 aromatic carbocycles. The summed E-state index contributed by atoms with van der Waals surface area (Å²) in [6, 6.07) is 12.5. The van der Waals surface area contributed by atoms with Gasteiger partial charge in [0.15, 0.2) is 0 Å². The zero-order valence-corrected chi connectivity index (χ0v) is 10.7. The first-order chi connectivity index (χ1) is 9.10. The van der Waals surface area contributed by atoms with Gasteiger partial charge in [-0.15, -0.1) is 0 Å². The predicted molar refractivity (Wildman–Crippen MR) is 75.3 cm³/mol. The molecule has 4 heteroatoms. The molecule has 0 aliphatic rings. The zero-order valence-electron chi connectivity index (χ0n) is 10.7. The highest BCUT2D eigenvalue weighted by atomic mass is 16.5. The average molecular weight is 256 g/mol. The van der Waals surface area contributed by atoms with Crippen LogP contribution in [0.5, 0.6) is 11.5 Å². The summed E-state index contributed by atoms with van der Waals surface area (Å²) in [5, 5.41) is 0. The molecule has 4 N–H and O–H groups in total. The maximum Gasteiger partial charge on any atom is 0.248 e. The first-order valence-corrected chi connectivity index (χ1v) is 6.06. The van der Waals surface area contributed by atoms with E-state index in [0.29, 0.717) is 22.7 Å². The summed E-state index contributed by atoms with van der Waals surface area (Å²) in [5.41, 5.74) is 13.0. The van der Waals surface area contributed by atoms with E-state index in [1.807, 2.05) is 24.3 Å². The van der Waals surface area contributed by atoms with Crippen LogP contribution in [0.15, 0.2) is 42.5 Å². The van der Waals surface area contributed by atoms with Crippen LogP contribution in [0, 0.1) is 0 Å². The standard InChI is InChI=1S/C15H16N2O2/c1-2-10-3-6-12(7-4-10)19-14-8-5-11(15(17)18)9-13(14)16/h3-9H,2,16H2,1H3,(H2,17,18). The first-order valence-electron chi connectivity index (χ1n) is 6.06. The Hall–Kier alpha value is -2.49. The normalized spacial score (nSPS) is 10.2. The Morgan fingerprint density at radius 2 is 1.84 bits per heavy atom. The summed E-state index contributed by atoms with van der Waals surface area (Å²) >= 11 is 0. The van der Waals surface area contributed by atoms with E-state index in [4.69, 9.17) is 16.2 Å². The second-order valence-electron chi connectivity index (χ2n) is 4.22. The zero-order chi connectivity index (χ0) is 13.8. The maximum absolute atomic E-state index is 11.0. The molecule has 0 radical (unpaired) electrons. The lowest BCUT2D eigenvalue weighted by Gasteiger charge is -2.09. The van der Waals surface area contributed by atoms with Crippen LogP contribution in [-0.4, -0.2) is 5.91 Å². The van der Waals surface area contributed by atoms with E-state index >= 15 is 0 Å². The number of nitrogen functional groups attached to an aromatic ring is 1. The molecular formula is C15H16N2O2. The monoisotopic (exact) mass is 256 g/mol. The summed E-state index contributed by atoms with van der Waals surface area (Å²) in [6.07, 6.45) is 0.982. The van der Waals surface area contributed by atoms with Crippen LogP contribution in [0.1, 0.15) is 22.8 Å². The van der Waals surface area contributed by atoms with Gasteiger partial charge in [-0.25, -0.2) is 0 Å². The predicted octanol–water partition coefficient (Wildman–Crippen LogP) is 2.72. The second-order valence-corrected chi connectivity index (χ2v) is 4.22. The second kappa shape index (κ2) is 5.44. The van der Waals surface area contributed by atoms with Crippen LogP contribution in [0.2, 0.25) is 0 Å². The van der Waals surface area contributed by atoms with E-state index in [1.165, 1.54) is 11.6 Å². The molecule has 0 heterocycles. The van der Waals surface area contributed by atoms with E-state index in [1.54, 1.807) is 12.1 Å². The molecule has 0 saturated heterocycles. The molecule has 0 atom stereocenters. The quantitative estimate of drug-likeness (QED) is 0.825. The number of benzene rings is 2. The Balaban J connectivity index is 2.20. The number of aryl methyl sites for hydroxylation is 1. The largest absolute Gasteiger partial charge is 0.455 e. The van der Waals surface area contributed by atoms with Gasteiger partial charge in [-0.1, -0.05) is 19.1 Å². The van der Waals surface area contributed by atoms with Crippen molar-refractivity contribution in [1.29, 1.82) is 0 Å². The molecule has 2 aromatic rings. The van der Waals surface area contributed by atoms with Gasteiger partial charge in [0.25, 0.3) is 0 Å². The number of carbonyl (C=O) groups excluding carboxylic acids is 1. The summed E-state index contributed by atoms with van der Waals surface area (Å²) in [5.74, 6) is 0.704. The molecule has 0 unspecified atom stereocenters. The van der Waals surface area contributed by atoms with Crippen molar-refractivity contribution >= 4 is 11.6 Å². The fraction of sp³-hybridized carbons (Fsp3) is 0.133. The molecule has 0 spiro atoms. The van der Waals surface area contributed by atoms with E-state index in [0.717, 1.165) is 6.42 Å². The molecular weight excluding hydrogens is 240 g/mol. The van der Waals surface area contributed by atoms with E-state index in [9.17, 15) is 4.79 Å². The third kappa shape index (κ3) is 3.04. The minimum atomic E-state index is -0.509. The summed E-state index contributed by atoms with van der Waals surface area (Å²) in [4.78, 5) is 11.0. The van der Waals surface area contributed by atoms with Crippen molar-refractivity contribution in [1.82, 2.24) is 0 Å². The number of rotatable bonds is 4. The van der Waals surface area contributed by atoms with Crippen molar-refractivity contribution < 1.29 is 9.53 Å². The number of anilines is 1. The van der Waals surface area contributed by atoms with E-state index in [2.05, 4.69) is 6.92 Å². The minimum absolute atomic E-state index is 0.367. The maximum atomic E-state index is 11.0. The molecule has 2 rings (SSSR count). The molecule has 98 valence electrons. The highest BCUT2D eigenvalue weighted by molar-refractivity contribution is 5.94. The lowest BCUT2D eigenvalue weighted by Crippen LogP contribution is -2.11. The topological polar surface area (TPSA) is 78.3 Å². The summed E-state index contributed by atoms with van der Waals surface area (Å²) in [7, 11) is 0. The van der Waals surface area contributed by atoms with Gasteiger partial charge in [0.2, 0.25) is 5.91 Å². The third-order valence-electron chi connectivity index (χ3n) is 2.85. The molecule has 19 heavy (non-hydrogen) atoms. The van der Waals surface area contributed by atoms with Gasteiger partial charge in [0.1, 0.15) is 11.5 Å². The summed E-state index contributed by atoms with van der Waals surface area (Å²) in [6.45, 7) is 2.09. The van der Waals surface area contributed by atoms with Crippen molar-refractivity contribution in [2.45, 2.75) is 13.3 Å². The number of nitrogens with two attached hydrogens (primary N) is 2. The molecule has 0 aliphatic heterocycles. The van der Waals surface area contributed by atoms with Gasteiger partial charge >= 0.3 is 0 Å². The molecule has 0 saturated carbocycles. The highest BCUT2D eigenvalue weighted by Crippen LogP contribution is 2.28. The van der Waals surface area contributed by atoms with Crippen molar-refractivity contribution in [2.75, 3.05) is 5.73 Å².